The van der Waals surface area contributed by atoms with Gasteiger partial charge in [-0.25, -0.2) is 0 Å². The number of aliphatic carboxylic acids is 1. The molecule has 0 atom stereocenters. The van der Waals surface area contributed by atoms with Gasteiger partial charge >= 0.3 is 5.97 Å². The van der Waals surface area contributed by atoms with Crippen LogP contribution in [0.2, 0.25) is 0 Å². The first-order valence-electron chi connectivity index (χ1n) is 7.16. The molecule has 0 unspecified atom stereocenters. The van der Waals surface area contributed by atoms with E-state index in [0.29, 0.717) is 6.54 Å². The van der Waals surface area contributed by atoms with Gasteiger partial charge in [-0.1, -0.05) is 25.7 Å². The van der Waals surface area contributed by atoms with Gasteiger partial charge in [0, 0.05) is 12.6 Å². The lowest BCUT2D eigenvalue weighted by molar-refractivity contribution is -0.152. The first-order valence-corrected chi connectivity index (χ1v) is 7.16. The Balaban J connectivity index is 2.93. The number of amides is 1. The normalized spacial score (nSPS) is 18.9. The Morgan fingerprint density at radius 2 is 1.74 bits per heavy atom. The predicted molar refractivity (Wildman–Crippen MR) is 73.7 cm³/mol. The molecule has 0 heterocycles. The number of rotatable bonds is 5. The summed E-state index contributed by atoms with van der Waals surface area (Å²) in [7, 11) is 0. The van der Waals surface area contributed by atoms with Crippen molar-refractivity contribution in [2.45, 2.75) is 58.4 Å². The molecule has 1 fully saturated rings. The monoisotopic (exact) mass is 270 g/mol. The largest absolute Gasteiger partial charge is 0.480 e. The molecule has 5 nitrogen and oxygen atoms in total. The third-order valence-corrected chi connectivity index (χ3v) is 4.09. The highest BCUT2D eigenvalue weighted by Gasteiger charge is 2.41. The van der Waals surface area contributed by atoms with E-state index in [2.05, 4.69) is 0 Å². The maximum Gasteiger partial charge on any atom is 0.323 e. The third kappa shape index (κ3) is 3.93. The minimum atomic E-state index is -0.970. The lowest BCUT2D eigenvalue weighted by Gasteiger charge is -2.37. The molecule has 1 aliphatic rings. The summed E-state index contributed by atoms with van der Waals surface area (Å²) < 4.78 is 0. The van der Waals surface area contributed by atoms with Crippen LogP contribution < -0.4 is 5.73 Å². The van der Waals surface area contributed by atoms with E-state index in [-0.39, 0.29) is 18.5 Å². The zero-order chi connectivity index (χ0) is 14.5. The summed E-state index contributed by atoms with van der Waals surface area (Å²) in [6.45, 7) is 3.77. The number of hydrogen-bond acceptors (Lipinski definition) is 3. The van der Waals surface area contributed by atoms with E-state index in [1.807, 2.05) is 13.8 Å². The fourth-order valence-electron chi connectivity index (χ4n) is 2.85. The average Bonchev–Trinajstić information content (AvgIpc) is 2.60. The van der Waals surface area contributed by atoms with Crippen molar-refractivity contribution in [3.63, 3.8) is 0 Å². The zero-order valence-corrected chi connectivity index (χ0v) is 12.0. The van der Waals surface area contributed by atoms with Gasteiger partial charge in [-0.3, -0.25) is 9.59 Å². The fraction of sp³-hybridized carbons (Fsp3) is 0.857. The molecule has 0 saturated heterocycles. The number of nitrogens with zero attached hydrogens (tertiary/aromatic N) is 1. The summed E-state index contributed by atoms with van der Waals surface area (Å²) in [4.78, 5) is 25.2. The van der Waals surface area contributed by atoms with Gasteiger partial charge in [0.1, 0.15) is 6.54 Å². The van der Waals surface area contributed by atoms with Crippen molar-refractivity contribution in [2.24, 2.45) is 11.1 Å². The Kier molecular flexibility index (Phi) is 5.79. The van der Waals surface area contributed by atoms with Gasteiger partial charge in [0.25, 0.3) is 0 Å². The molecule has 0 bridgehead atoms. The number of carboxylic acids is 1. The molecule has 19 heavy (non-hydrogen) atoms. The van der Waals surface area contributed by atoms with Crippen molar-refractivity contribution in [1.29, 1.82) is 0 Å². The fourth-order valence-corrected chi connectivity index (χ4v) is 2.85. The molecular formula is C14H26N2O3. The van der Waals surface area contributed by atoms with Crippen LogP contribution in [0.15, 0.2) is 0 Å². The number of nitrogens with two attached hydrogens (primary N) is 1. The second kappa shape index (κ2) is 6.89. The first kappa shape index (κ1) is 16.0. The molecule has 3 N–H and O–H groups in total. The Morgan fingerprint density at radius 3 is 2.11 bits per heavy atom. The molecule has 110 valence electrons. The summed E-state index contributed by atoms with van der Waals surface area (Å²) >= 11 is 0. The van der Waals surface area contributed by atoms with Crippen molar-refractivity contribution in [1.82, 2.24) is 4.90 Å². The predicted octanol–water partition coefficient (Wildman–Crippen LogP) is 1.61. The SMILES string of the molecule is CC(C)N(CC(=O)O)C(=O)C1(CN)CCCCCC1. The Morgan fingerprint density at radius 1 is 1.21 bits per heavy atom. The maximum absolute atomic E-state index is 12.8. The summed E-state index contributed by atoms with van der Waals surface area (Å²) in [5.74, 6) is -1.04. The lowest BCUT2D eigenvalue weighted by Crippen LogP contribution is -2.51. The zero-order valence-electron chi connectivity index (χ0n) is 12.0. The van der Waals surface area contributed by atoms with E-state index in [0.717, 1.165) is 38.5 Å². The average molecular weight is 270 g/mol. The standard InChI is InChI=1S/C14H26N2O3/c1-11(2)16(9-12(17)18)13(19)14(10-15)7-5-3-4-6-8-14/h11H,3-10,15H2,1-2H3,(H,17,18). The van der Waals surface area contributed by atoms with Gasteiger partial charge in [-0.2, -0.15) is 0 Å². The van der Waals surface area contributed by atoms with Crippen molar-refractivity contribution < 1.29 is 14.7 Å². The van der Waals surface area contributed by atoms with E-state index in [9.17, 15) is 9.59 Å². The number of carbonyl (C=O) groups excluding carboxylic acids is 1. The van der Waals surface area contributed by atoms with Crippen LogP contribution in [0, 0.1) is 5.41 Å². The summed E-state index contributed by atoms with van der Waals surface area (Å²) in [5, 5.41) is 8.97. The molecule has 1 amide bonds. The van der Waals surface area contributed by atoms with Gasteiger partial charge in [-0.15, -0.1) is 0 Å². The Bertz CT molecular complexity index is 321. The highest BCUT2D eigenvalue weighted by molar-refractivity contribution is 5.86. The quantitative estimate of drug-likeness (QED) is 0.743. The molecule has 1 aliphatic carbocycles. The van der Waals surface area contributed by atoms with Gasteiger partial charge in [0.2, 0.25) is 5.91 Å². The van der Waals surface area contributed by atoms with Crippen molar-refractivity contribution in [2.75, 3.05) is 13.1 Å². The van der Waals surface area contributed by atoms with Crippen LogP contribution in [0.3, 0.4) is 0 Å². The lowest BCUT2D eigenvalue weighted by atomic mass is 9.78. The van der Waals surface area contributed by atoms with Crippen molar-refractivity contribution in [3.8, 4) is 0 Å². The topological polar surface area (TPSA) is 83.6 Å². The van der Waals surface area contributed by atoms with Crippen LogP contribution in [0.25, 0.3) is 0 Å². The molecule has 0 spiro atoms. The second-order valence-electron chi connectivity index (χ2n) is 5.82. The van der Waals surface area contributed by atoms with Gasteiger partial charge < -0.3 is 15.7 Å². The summed E-state index contributed by atoms with van der Waals surface area (Å²) in [5.41, 5.74) is 5.34. The van der Waals surface area contributed by atoms with Crippen molar-refractivity contribution >= 4 is 11.9 Å². The minimum Gasteiger partial charge on any atom is -0.480 e. The first-order chi connectivity index (χ1) is 8.93. The second-order valence-corrected chi connectivity index (χ2v) is 5.82. The smallest absolute Gasteiger partial charge is 0.323 e. The van der Waals surface area contributed by atoms with Crippen LogP contribution in [0.1, 0.15) is 52.4 Å². The number of hydrogen-bond donors (Lipinski definition) is 2. The molecule has 0 aromatic heterocycles. The van der Waals surface area contributed by atoms with Crippen LogP contribution in [0.5, 0.6) is 0 Å². The van der Waals surface area contributed by atoms with Crippen LogP contribution >= 0.6 is 0 Å². The van der Waals surface area contributed by atoms with Gasteiger partial charge in [0.05, 0.1) is 5.41 Å². The number of carboxylic acid groups (broad SMARTS) is 1. The molecule has 0 aromatic rings. The molecule has 5 heteroatoms. The highest BCUT2D eigenvalue weighted by Crippen LogP contribution is 2.36. The molecule has 1 rings (SSSR count). The molecule has 1 saturated carbocycles. The molecular weight excluding hydrogens is 244 g/mol. The minimum absolute atomic E-state index is 0.0747. The van der Waals surface area contributed by atoms with E-state index in [1.165, 1.54) is 4.90 Å². The highest BCUT2D eigenvalue weighted by atomic mass is 16.4. The van der Waals surface area contributed by atoms with E-state index < -0.39 is 11.4 Å². The maximum atomic E-state index is 12.8. The van der Waals surface area contributed by atoms with E-state index in [1.54, 1.807) is 0 Å². The van der Waals surface area contributed by atoms with Crippen LogP contribution in [0.4, 0.5) is 0 Å². The molecule has 0 radical (unpaired) electrons. The molecule has 0 aromatic carbocycles. The van der Waals surface area contributed by atoms with E-state index >= 15 is 0 Å². The van der Waals surface area contributed by atoms with Gasteiger partial charge in [0.15, 0.2) is 0 Å². The third-order valence-electron chi connectivity index (χ3n) is 4.09. The Hall–Kier alpha value is -1.10. The van der Waals surface area contributed by atoms with Crippen LogP contribution in [-0.2, 0) is 9.59 Å². The number of carbonyl (C=O) groups is 2. The van der Waals surface area contributed by atoms with Crippen LogP contribution in [-0.4, -0.2) is 41.0 Å². The summed E-state index contributed by atoms with van der Waals surface area (Å²) in [6, 6.07) is -0.115. The van der Waals surface area contributed by atoms with E-state index in [4.69, 9.17) is 10.8 Å². The van der Waals surface area contributed by atoms with Crippen molar-refractivity contribution in [3.05, 3.63) is 0 Å². The summed E-state index contributed by atoms with van der Waals surface area (Å²) in [6.07, 6.45) is 5.84. The molecule has 0 aliphatic heterocycles. The van der Waals surface area contributed by atoms with Gasteiger partial charge in [-0.05, 0) is 26.7 Å². The Labute approximate surface area is 115 Å².